The van der Waals surface area contributed by atoms with Crippen molar-refractivity contribution in [2.75, 3.05) is 26.4 Å². The fraction of sp³-hybridized carbons (Fsp3) is 0.643. The molecule has 3 heterocycles. The van der Waals surface area contributed by atoms with E-state index in [1.165, 1.54) is 0 Å². The van der Waals surface area contributed by atoms with E-state index in [0.29, 0.717) is 42.9 Å². The van der Waals surface area contributed by atoms with Crippen LogP contribution in [0.3, 0.4) is 0 Å². The van der Waals surface area contributed by atoms with Crippen molar-refractivity contribution in [1.29, 1.82) is 0 Å². The maximum atomic E-state index is 10.3. The van der Waals surface area contributed by atoms with E-state index in [1.807, 2.05) is 6.08 Å². The third-order valence-corrected chi connectivity index (χ3v) is 3.92. The van der Waals surface area contributed by atoms with Crippen molar-refractivity contribution >= 4 is 16.8 Å². The predicted octanol–water partition coefficient (Wildman–Crippen LogP) is 1.62. The molecule has 0 aliphatic carbocycles. The zero-order valence-electron chi connectivity index (χ0n) is 11.7. The highest BCUT2D eigenvalue weighted by Crippen LogP contribution is 2.36. The summed E-state index contributed by atoms with van der Waals surface area (Å²) in [6.45, 7) is 6.12. The fourth-order valence-corrected chi connectivity index (χ4v) is 2.87. The Morgan fingerprint density at radius 2 is 2.25 bits per heavy atom. The minimum atomic E-state index is -1.10. The number of nitrogens with zero attached hydrogens (tertiary/aromatic N) is 2. The highest BCUT2D eigenvalue weighted by atomic mass is 35.5. The van der Waals surface area contributed by atoms with Crippen molar-refractivity contribution in [3.8, 4) is 0 Å². The van der Waals surface area contributed by atoms with Gasteiger partial charge in [0.15, 0.2) is 5.76 Å². The smallest absolute Gasteiger partial charge is 0.166 e. The number of hydrogen-bond donors (Lipinski definition) is 1. The molecule has 0 aromatic rings. The van der Waals surface area contributed by atoms with Crippen LogP contribution >= 0.6 is 11.6 Å². The molecular weight excluding hydrogens is 280 g/mol. The van der Waals surface area contributed by atoms with Crippen LogP contribution in [0.2, 0.25) is 0 Å². The van der Waals surface area contributed by atoms with E-state index in [9.17, 15) is 5.11 Å². The lowest BCUT2D eigenvalue weighted by Gasteiger charge is -2.43. The predicted molar refractivity (Wildman–Crippen MR) is 76.6 cm³/mol. The van der Waals surface area contributed by atoms with Crippen LogP contribution in [0, 0.1) is 0 Å². The van der Waals surface area contributed by atoms with Crippen LogP contribution in [-0.4, -0.2) is 53.2 Å². The highest BCUT2D eigenvalue weighted by Gasteiger charge is 2.37. The lowest BCUT2D eigenvalue weighted by molar-refractivity contribution is -0.0414. The Kier molecular flexibility index (Phi) is 3.52. The highest BCUT2D eigenvalue weighted by molar-refractivity contribution is 6.65. The quantitative estimate of drug-likeness (QED) is 0.799. The van der Waals surface area contributed by atoms with Crippen molar-refractivity contribution in [2.45, 2.75) is 31.9 Å². The summed E-state index contributed by atoms with van der Waals surface area (Å²) in [5.74, 6) is 0.645. The first-order valence-electron chi connectivity index (χ1n) is 6.84. The van der Waals surface area contributed by atoms with Crippen LogP contribution in [0.5, 0.6) is 0 Å². The Hall–Kier alpha value is -1.04. The van der Waals surface area contributed by atoms with Gasteiger partial charge in [-0.15, -0.1) is 0 Å². The topological polar surface area (TPSA) is 54.3 Å². The third-order valence-electron chi connectivity index (χ3n) is 3.68. The van der Waals surface area contributed by atoms with Crippen LogP contribution < -0.4 is 0 Å². The molecule has 2 fully saturated rings. The van der Waals surface area contributed by atoms with E-state index in [4.69, 9.17) is 21.1 Å². The standard InChI is InChI=1S/C14H19ClN2O3/c1-14(2,18)13-12-10(3-4-11(15)16-13)17-5-6-19-7-9(17)8-20-12/h3,9,18H,4-8H2,1-2H3/t9-/m0/s1. The van der Waals surface area contributed by atoms with E-state index in [-0.39, 0.29) is 6.04 Å². The van der Waals surface area contributed by atoms with Crippen LogP contribution in [0.1, 0.15) is 20.3 Å². The summed E-state index contributed by atoms with van der Waals surface area (Å²) in [5, 5.41) is 10.8. The van der Waals surface area contributed by atoms with E-state index in [0.717, 1.165) is 12.2 Å². The lowest BCUT2D eigenvalue weighted by atomic mass is 10.0. The molecule has 3 aliphatic rings. The molecule has 20 heavy (non-hydrogen) atoms. The van der Waals surface area contributed by atoms with Gasteiger partial charge >= 0.3 is 0 Å². The summed E-state index contributed by atoms with van der Waals surface area (Å²) in [5.41, 5.74) is 0.371. The van der Waals surface area contributed by atoms with Crippen LogP contribution in [0.15, 0.2) is 28.2 Å². The molecule has 0 amide bonds. The van der Waals surface area contributed by atoms with Crippen LogP contribution in [-0.2, 0) is 9.47 Å². The second kappa shape index (κ2) is 5.06. The summed E-state index contributed by atoms with van der Waals surface area (Å²) < 4.78 is 11.4. The molecule has 3 aliphatic heterocycles. The number of aliphatic hydroxyl groups is 1. The molecule has 110 valence electrons. The summed E-state index contributed by atoms with van der Waals surface area (Å²) in [6, 6.07) is 0.221. The van der Waals surface area contributed by atoms with Crippen molar-refractivity contribution in [2.24, 2.45) is 4.99 Å². The van der Waals surface area contributed by atoms with E-state index >= 15 is 0 Å². The average Bonchev–Trinajstić information content (AvgIpc) is 2.58. The van der Waals surface area contributed by atoms with E-state index in [2.05, 4.69) is 9.89 Å². The van der Waals surface area contributed by atoms with Gasteiger partial charge in [0.1, 0.15) is 23.1 Å². The summed E-state index contributed by atoms with van der Waals surface area (Å²) in [7, 11) is 0. The van der Waals surface area contributed by atoms with E-state index < -0.39 is 5.60 Å². The van der Waals surface area contributed by atoms with Gasteiger partial charge < -0.3 is 19.5 Å². The Morgan fingerprint density at radius 3 is 3.00 bits per heavy atom. The largest absolute Gasteiger partial charge is 0.487 e. The Bertz CT molecular complexity index is 505. The Morgan fingerprint density at radius 1 is 1.45 bits per heavy atom. The summed E-state index contributed by atoms with van der Waals surface area (Å²) in [4.78, 5) is 6.62. The number of rotatable bonds is 1. The molecule has 0 radical (unpaired) electrons. The number of allylic oxidation sites excluding steroid dienone is 1. The minimum absolute atomic E-state index is 0.221. The summed E-state index contributed by atoms with van der Waals surface area (Å²) in [6.07, 6.45) is 2.57. The Labute approximate surface area is 123 Å². The van der Waals surface area contributed by atoms with Gasteiger partial charge in [0, 0.05) is 13.0 Å². The second-order valence-corrected chi connectivity index (χ2v) is 6.19. The van der Waals surface area contributed by atoms with E-state index in [1.54, 1.807) is 13.8 Å². The Balaban J connectivity index is 2.06. The normalized spacial score (nSPS) is 27.0. The number of ether oxygens (including phenoxy) is 2. The van der Waals surface area contributed by atoms with Gasteiger partial charge in [-0.05, 0) is 13.8 Å². The average molecular weight is 299 g/mol. The lowest BCUT2D eigenvalue weighted by Crippen LogP contribution is -2.51. The molecule has 6 heteroatoms. The summed E-state index contributed by atoms with van der Waals surface area (Å²) >= 11 is 6.12. The number of halogens is 1. The molecule has 1 atom stereocenters. The third kappa shape index (κ3) is 2.45. The molecule has 2 saturated heterocycles. The molecular formula is C14H19ClN2O3. The number of fused-ring (bicyclic) bond motifs is 3. The van der Waals surface area contributed by atoms with Gasteiger partial charge in [-0.25, -0.2) is 4.99 Å². The van der Waals surface area contributed by atoms with Crippen molar-refractivity contribution in [1.82, 2.24) is 4.90 Å². The van der Waals surface area contributed by atoms with Crippen LogP contribution in [0.25, 0.3) is 0 Å². The molecule has 1 N–H and O–H groups in total. The molecule has 0 bridgehead atoms. The molecule has 5 nitrogen and oxygen atoms in total. The van der Waals surface area contributed by atoms with Crippen LogP contribution in [0.4, 0.5) is 0 Å². The molecule has 0 aromatic carbocycles. The molecule has 0 spiro atoms. The fourth-order valence-electron chi connectivity index (χ4n) is 2.71. The molecule has 0 unspecified atom stereocenters. The number of morpholine rings is 2. The zero-order chi connectivity index (χ0) is 14.3. The SMILES string of the molecule is CC(C)(O)C1=C2OC[C@@H]3COCCN3C2=CCC(Cl)=N1. The molecule has 0 aromatic heterocycles. The maximum absolute atomic E-state index is 10.3. The van der Waals surface area contributed by atoms with Gasteiger partial charge in [0.05, 0.1) is 25.0 Å². The van der Waals surface area contributed by atoms with Gasteiger partial charge in [-0.3, -0.25) is 0 Å². The first kappa shape index (κ1) is 13.9. The first-order chi connectivity index (χ1) is 9.47. The molecule has 3 rings (SSSR count). The number of hydrogen-bond acceptors (Lipinski definition) is 5. The molecule has 0 saturated carbocycles. The monoisotopic (exact) mass is 298 g/mol. The van der Waals surface area contributed by atoms with Gasteiger partial charge in [-0.2, -0.15) is 0 Å². The van der Waals surface area contributed by atoms with Crippen molar-refractivity contribution in [3.63, 3.8) is 0 Å². The maximum Gasteiger partial charge on any atom is 0.166 e. The van der Waals surface area contributed by atoms with Crippen molar-refractivity contribution < 1.29 is 14.6 Å². The van der Waals surface area contributed by atoms with Gasteiger partial charge in [0.25, 0.3) is 0 Å². The van der Waals surface area contributed by atoms with Gasteiger partial charge in [-0.1, -0.05) is 17.7 Å². The first-order valence-corrected chi connectivity index (χ1v) is 7.22. The number of aliphatic imine (C=N–C) groups is 1. The van der Waals surface area contributed by atoms with Crippen molar-refractivity contribution in [3.05, 3.63) is 23.2 Å². The second-order valence-electron chi connectivity index (χ2n) is 5.75. The van der Waals surface area contributed by atoms with Gasteiger partial charge in [0.2, 0.25) is 0 Å². The zero-order valence-corrected chi connectivity index (χ0v) is 12.5. The minimum Gasteiger partial charge on any atom is -0.487 e.